The molecule has 1 aromatic rings. The van der Waals surface area contributed by atoms with Gasteiger partial charge in [-0.25, -0.2) is 4.98 Å². The van der Waals surface area contributed by atoms with E-state index >= 15 is 0 Å². The van der Waals surface area contributed by atoms with Gasteiger partial charge >= 0.3 is 0 Å². The maximum Gasteiger partial charge on any atom is 0.129 e. The third kappa shape index (κ3) is 4.48. The minimum absolute atomic E-state index is 0.116. The molecular weight excluding hydrogens is 238 g/mol. The second kappa shape index (κ2) is 5.88. The number of anilines is 1. The maximum absolute atomic E-state index is 5.57. The highest BCUT2D eigenvalue weighted by Gasteiger charge is 2.18. The predicted molar refractivity (Wildman–Crippen MR) is 78.5 cm³/mol. The molecule has 0 aromatic carbocycles. The normalized spacial score (nSPS) is 20.6. The maximum atomic E-state index is 5.57. The minimum atomic E-state index is 0.116. The van der Waals surface area contributed by atoms with Crippen LogP contribution in [-0.4, -0.2) is 36.3 Å². The molecule has 0 bridgehead atoms. The van der Waals surface area contributed by atoms with Crippen molar-refractivity contribution in [2.24, 2.45) is 0 Å². The zero-order chi connectivity index (χ0) is 13.9. The number of hydrogen-bond donors (Lipinski definition) is 1. The van der Waals surface area contributed by atoms with Gasteiger partial charge in [-0.05, 0) is 39.8 Å². The van der Waals surface area contributed by atoms with Crippen molar-refractivity contribution in [2.75, 3.05) is 24.6 Å². The second-order valence-electron chi connectivity index (χ2n) is 6.22. The van der Waals surface area contributed by atoms with E-state index in [4.69, 9.17) is 9.72 Å². The van der Waals surface area contributed by atoms with Gasteiger partial charge in [0.25, 0.3) is 0 Å². The first-order valence-corrected chi connectivity index (χ1v) is 7.01. The van der Waals surface area contributed by atoms with Crippen LogP contribution in [0.15, 0.2) is 18.2 Å². The van der Waals surface area contributed by atoms with Gasteiger partial charge in [-0.3, -0.25) is 0 Å². The summed E-state index contributed by atoms with van der Waals surface area (Å²) in [4.78, 5) is 7.04. The summed E-state index contributed by atoms with van der Waals surface area (Å²) < 4.78 is 5.57. The van der Waals surface area contributed by atoms with E-state index in [0.717, 1.165) is 37.8 Å². The summed E-state index contributed by atoms with van der Waals surface area (Å²) in [6.07, 6.45) is 0.284. The van der Waals surface area contributed by atoms with E-state index in [1.54, 1.807) is 0 Å². The Balaban J connectivity index is 2.02. The van der Waals surface area contributed by atoms with Gasteiger partial charge in [0.15, 0.2) is 0 Å². The summed E-state index contributed by atoms with van der Waals surface area (Å²) in [7, 11) is 0. The van der Waals surface area contributed by atoms with E-state index in [1.165, 1.54) is 0 Å². The molecule has 1 aromatic heterocycles. The average Bonchev–Trinajstić information content (AvgIpc) is 2.36. The molecule has 4 nitrogen and oxygen atoms in total. The quantitative estimate of drug-likeness (QED) is 0.907. The van der Waals surface area contributed by atoms with Crippen molar-refractivity contribution in [2.45, 2.75) is 45.9 Å². The summed E-state index contributed by atoms with van der Waals surface area (Å²) in [6.45, 7) is 12.0. The fourth-order valence-electron chi connectivity index (χ4n) is 2.12. The largest absolute Gasteiger partial charge is 0.375 e. The van der Waals surface area contributed by atoms with Crippen molar-refractivity contribution in [1.82, 2.24) is 10.3 Å². The van der Waals surface area contributed by atoms with E-state index in [2.05, 4.69) is 56.1 Å². The molecular formula is C15H25N3O. The summed E-state index contributed by atoms with van der Waals surface area (Å²) in [5.41, 5.74) is 1.21. The zero-order valence-electron chi connectivity index (χ0n) is 12.4. The Morgan fingerprint density at radius 1 is 1.42 bits per heavy atom. The number of pyridine rings is 1. The van der Waals surface area contributed by atoms with Crippen molar-refractivity contribution in [3.63, 3.8) is 0 Å². The molecule has 1 unspecified atom stereocenters. The van der Waals surface area contributed by atoms with Gasteiger partial charge in [0.1, 0.15) is 5.82 Å². The van der Waals surface area contributed by atoms with Crippen molar-refractivity contribution in [3.05, 3.63) is 23.9 Å². The fourth-order valence-corrected chi connectivity index (χ4v) is 2.12. The van der Waals surface area contributed by atoms with E-state index in [1.807, 2.05) is 0 Å². The molecule has 0 spiro atoms. The van der Waals surface area contributed by atoms with Gasteiger partial charge in [0, 0.05) is 25.2 Å². The highest BCUT2D eigenvalue weighted by Crippen LogP contribution is 2.16. The molecule has 2 heterocycles. The van der Waals surface area contributed by atoms with E-state index < -0.39 is 0 Å². The number of nitrogens with zero attached hydrogens (tertiary/aromatic N) is 2. The summed E-state index contributed by atoms with van der Waals surface area (Å²) >= 11 is 0. The molecule has 1 atom stereocenters. The summed E-state index contributed by atoms with van der Waals surface area (Å²) in [5, 5.41) is 3.47. The lowest BCUT2D eigenvalue weighted by Gasteiger charge is -2.32. The fraction of sp³-hybridized carbons (Fsp3) is 0.667. The first-order chi connectivity index (χ1) is 8.94. The van der Waals surface area contributed by atoms with Crippen molar-refractivity contribution < 1.29 is 4.74 Å². The SMILES string of the molecule is CC1CN(c2cccc(CNC(C)(C)C)n2)CCO1. The molecule has 0 radical (unpaired) electrons. The Hall–Kier alpha value is -1.13. The molecule has 1 aliphatic rings. The van der Waals surface area contributed by atoms with Crippen molar-refractivity contribution in [1.29, 1.82) is 0 Å². The predicted octanol–water partition coefficient (Wildman–Crippen LogP) is 2.19. The number of morpholine rings is 1. The number of hydrogen-bond acceptors (Lipinski definition) is 4. The van der Waals surface area contributed by atoms with Gasteiger partial charge in [0.2, 0.25) is 0 Å². The molecule has 1 aliphatic heterocycles. The Bertz CT molecular complexity index is 414. The number of rotatable bonds is 3. The van der Waals surface area contributed by atoms with E-state index in [0.29, 0.717) is 0 Å². The van der Waals surface area contributed by atoms with Crippen molar-refractivity contribution in [3.8, 4) is 0 Å². The van der Waals surface area contributed by atoms with Gasteiger partial charge in [0.05, 0.1) is 18.4 Å². The molecule has 4 heteroatoms. The summed E-state index contributed by atoms with van der Waals surface area (Å²) in [6, 6.07) is 6.24. The second-order valence-corrected chi connectivity index (χ2v) is 6.22. The lowest BCUT2D eigenvalue weighted by atomic mass is 10.1. The van der Waals surface area contributed by atoms with Crippen LogP contribution in [0, 0.1) is 0 Å². The highest BCUT2D eigenvalue weighted by atomic mass is 16.5. The Kier molecular flexibility index (Phi) is 4.42. The third-order valence-electron chi connectivity index (χ3n) is 3.16. The third-order valence-corrected chi connectivity index (χ3v) is 3.16. The Morgan fingerprint density at radius 3 is 2.89 bits per heavy atom. The molecule has 19 heavy (non-hydrogen) atoms. The zero-order valence-corrected chi connectivity index (χ0v) is 12.4. The van der Waals surface area contributed by atoms with Crippen LogP contribution in [0.4, 0.5) is 5.82 Å². The monoisotopic (exact) mass is 263 g/mol. The molecule has 0 saturated carbocycles. The van der Waals surface area contributed by atoms with Crippen LogP contribution in [0.2, 0.25) is 0 Å². The highest BCUT2D eigenvalue weighted by molar-refractivity contribution is 5.39. The van der Waals surface area contributed by atoms with Crippen LogP contribution in [0.25, 0.3) is 0 Å². The smallest absolute Gasteiger partial charge is 0.129 e. The topological polar surface area (TPSA) is 37.4 Å². The van der Waals surface area contributed by atoms with Gasteiger partial charge < -0.3 is 15.0 Å². The van der Waals surface area contributed by atoms with Gasteiger partial charge in [-0.15, -0.1) is 0 Å². The first kappa shape index (κ1) is 14.3. The number of aromatic nitrogens is 1. The van der Waals surface area contributed by atoms with Crippen LogP contribution in [-0.2, 0) is 11.3 Å². The van der Waals surface area contributed by atoms with Gasteiger partial charge in [-0.1, -0.05) is 6.07 Å². The minimum Gasteiger partial charge on any atom is -0.375 e. The standard InChI is InChI=1S/C15H25N3O/c1-12-11-18(8-9-19-12)14-7-5-6-13(17-14)10-16-15(2,3)4/h5-7,12,16H,8-11H2,1-4H3. The molecule has 2 rings (SSSR count). The van der Waals surface area contributed by atoms with Gasteiger partial charge in [-0.2, -0.15) is 0 Å². The average molecular weight is 263 g/mol. The molecule has 0 amide bonds. The molecule has 0 aliphatic carbocycles. The molecule has 1 N–H and O–H groups in total. The van der Waals surface area contributed by atoms with Crippen LogP contribution < -0.4 is 10.2 Å². The number of nitrogens with one attached hydrogen (secondary N) is 1. The molecule has 1 saturated heterocycles. The van der Waals surface area contributed by atoms with E-state index in [9.17, 15) is 0 Å². The lowest BCUT2D eigenvalue weighted by Crippen LogP contribution is -2.41. The van der Waals surface area contributed by atoms with Crippen LogP contribution in [0.3, 0.4) is 0 Å². The van der Waals surface area contributed by atoms with Crippen LogP contribution in [0.1, 0.15) is 33.4 Å². The molecule has 106 valence electrons. The Labute approximate surface area is 116 Å². The Morgan fingerprint density at radius 2 is 2.21 bits per heavy atom. The molecule has 1 fully saturated rings. The summed E-state index contributed by atoms with van der Waals surface area (Å²) in [5.74, 6) is 1.06. The van der Waals surface area contributed by atoms with E-state index in [-0.39, 0.29) is 11.6 Å². The first-order valence-electron chi connectivity index (χ1n) is 7.01. The lowest BCUT2D eigenvalue weighted by molar-refractivity contribution is 0.0529. The van der Waals surface area contributed by atoms with Crippen LogP contribution >= 0.6 is 0 Å². The van der Waals surface area contributed by atoms with Crippen molar-refractivity contribution >= 4 is 5.82 Å². The van der Waals surface area contributed by atoms with Crippen LogP contribution in [0.5, 0.6) is 0 Å². The number of ether oxygens (including phenoxy) is 1.